The van der Waals surface area contributed by atoms with E-state index in [4.69, 9.17) is 16.2 Å². The molecule has 1 aromatic heterocycles. The van der Waals surface area contributed by atoms with E-state index in [0.29, 0.717) is 56.0 Å². The van der Waals surface area contributed by atoms with E-state index in [-0.39, 0.29) is 28.3 Å². The molecule has 0 atom stereocenters. The van der Waals surface area contributed by atoms with E-state index < -0.39 is 23.2 Å². The fourth-order valence-corrected chi connectivity index (χ4v) is 4.84. The van der Waals surface area contributed by atoms with E-state index in [1.54, 1.807) is 30.3 Å². The van der Waals surface area contributed by atoms with Crippen LogP contribution in [-0.4, -0.2) is 59.4 Å². The van der Waals surface area contributed by atoms with E-state index in [2.05, 4.69) is 15.2 Å². The van der Waals surface area contributed by atoms with Crippen LogP contribution in [0.5, 0.6) is 0 Å². The summed E-state index contributed by atoms with van der Waals surface area (Å²) in [6.45, 7) is 2.30. The van der Waals surface area contributed by atoms with Gasteiger partial charge in [0.05, 0.1) is 30.2 Å². The Morgan fingerprint density at radius 1 is 0.946 bits per heavy atom. The van der Waals surface area contributed by atoms with E-state index in [0.717, 1.165) is 0 Å². The van der Waals surface area contributed by atoms with Crippen molar-refractivity contribution in [3.05, 3.63) is 71.7 Å². The molecule has 190 valence electrons. The molecule has 2 heterocycles. The molecule has 2 aliphatic rings. The molecule has 0 spiro atoms. The maximum Gasteiger partial charge on any atom is 0.250 e. The van der Waals surface area contributed by atoms with Gasteiger partial charge in [0.1, 0.15) is 11.4 Å². The van der Waals surface area contributed by atoms with Crippen LogP contribution in [0.4, 0.5) is 10.1 Å². The lowest BCUT2D eigenvalue weighted by Gasteiger charge is -2.34. The van der Waals surface area contributed by atoms with E-state index in [1.807, 2.05) is 0 Å². The molecule has 1 aliphatic heterocycles. The number of anilines is 1. The smallest absolute Gasteiger partial charge is 0.250 e. The van der Waals surface area contributed by atoms with E-state index in [1.165, 1.54) is 24.4 Å². The van der Waals surface area contributed by atoms with Gasteiger partial charge in [-0.25, -0.2) is 4.39 Å². The van der Waals surface area contributed by atoms with Gasteiger partial charge in [0.25, 0.3) is 5.91 Å². The van der Waals surface area contributed by atoms with Crippen LogP contribution in [0.15, 0.2) is 54.7 Å². The minimum absolute atomic E-state index is 0.0318. The number of nitrogens with one attached hydrogen (secondary N) is 1. The lowest BCUT2D eigenvalue weighted by atomic mass is 9.93. The van der Waals surface area contributed by atoms with Gasteiger partial charge in [0.15, 0.2) is 0 Å². The van der Waals surface area contributed by atoms with Crippen molar-refractivity contribution in [1.29, 1.82) is 0 Å². The molecule has 5 N–H and O–H groups in total. The number of benzene rings is 2. The zero-order valence-electron chi connectivity index (χ0n) is 20.0. The van der Waals surface area contributed by atoms with Crippen molar-refractivity contribution in [3.63, 3.8) is 0 Å². The van der Waals surface area contributed by atoms with Crippen LogP contribution >= 0.6 is 0 Å². The summed E-state index contributed by atoms with van der Waals surface area (Å²) in [5.74, 6) is -2.26. The minimum atomic E-state index is -0.778. The average Bonchev–Trinajstić information content (AvgIpc) is 3.71. The quantitative estimate of drug-likeness (QED) is 0.453. The second kappa shape index (κ2) is 9.72. The number of nitrogens with two attached hydrogens (primary N) is 2. The molecule has 2 aromatic carbocycles. The van der Waals surface area contributed by atoms with Gasteiger partial charge in [-0.2, -0.15) is 0 Å². The number of morpholine rings is 1. The number of rotatable bonds is 7. The summed E-state index contributed by atoms with van der Waals surface area (Å²) < 4.78 is 19.7. The number of halogens is 1. The van der Waals surface area contributed by atoms with Gasteiger partial charge in [-0.15, -0.1) is 0 Å². The van der Waals surface area contributed by atoms with Crippen molar-refractivity contribution in [3.8, 4) is 22.4 Å². The third-order valence-electron chi connectivity index (χ3n) is 6.94. The number of hydrogen-bond donors (Lipinski definition) is 3. The number of aromatic nitrogens is 1. The number of pyridine rings is 1. The van der Waals surface area contributed by atoms with Gasteiger partial charge < -0.3 is 21.5 Å². The molecule has 3 aromatic rings. The van der Waals surface area contributed by atoms with Gasteiger partial charge >= 0.3 is 0 Å². The highest BCUT2D eigenvalue weighted by molar-refractivity contribution is 6.14. The summed E-state index contributed by atoms with van der Waals surface area (Å²) in [5.41, 5.74) is 12.1. The summed E-state index contributed by atoms with van der Waals surface area (Å²) in [4.78, 5) is 44.8. The molecule has 10 heteroatoms. The number of amides is 3. The van der Waals surface area contributed by atoms with Crippen LogP contribution in [0, 0.1) is 5.82 Å². The molecule has 0 unspecified atom stereocenters. The number of carbonyl (C=O) groups is 3. The lowest BCUT2D eigenvalue weighted by molar-refractivity contribution is -0.124. The van der Waals surface area contributed by atoms with Crippen LogP contribution in [0.2, 0.25) is 0 Å². The molecular weight excluding hydrogens is 477 g/mol. The molecule has 0 bridgehead atoms. The predicted octanol–water partition coefficient (Wildman–Crippen LogP) is 2.56. The Bertz CT molecular complexity index is 1380. The summed E-state index contributed by atoms with van der Waals surface area (Å²) in [6, 6.07) is 12.2. The normalized spacial score (nSPS) is 16.7. The van der Waals surface area contributed by atoms with Crippen molar-refractivity contribution in [2.45, 2.75) is 18.4 Å². The van der Waals surface area contributed by atoms with Crippen molar-refractivity contribution in [2.24, 2.45) is 11.5 Å². The Balaban J connectivity index is 1.58. The average molecular weight is 504 g/mol. The Kier molecular flexibility index (Phi) is 6.45. The molecule has 0 radical (unpaired) electrons. The SMILES string of the molecule is NC(=O)c1ccc(C(N)=O)c(-c2ccc(-c3ccccc3F)nc2)c1NC(=O)C1(N2CCOCC2)CC1. The Hall–Kier alpha value is -4.15. The maximum absolute atomic E-state index is 14.3. The summed E-state index contributed by atoms with van der Waals surface area (Å²) >= 11 is 0. The van der Waals surface area contributed by atoms with Crippen molar-refractivity contribution in [2.75, 3.05) is 31.6 Å². The maximum atomic E-state index is 14.3. The van der Waals surface area contributed by atoms with Gasteiger partial charge in [-0.3, -0.25) is 24.3 Å². The molecule has 3 amide bonds. The van der Waals surface area contributed by atoms with E-state index >= 15 is 0 Å². The Morgan fingerprint density at radius 3 is 2.22 bits per heavy atom. The van der Waals surface area contributed by atoms with Crippen molar-refractivity contribution in [1.82, 2.24) is 9.88 Å². The van der Waals surface area contributed by atoms with Gasteiger partial charge in [-0.1, -0.05) is 18.2 Å². The van der Waals surface area contributed by atoms with E-state index in [9.17, 15) is 18.8 Å². The number of primary amides is 2. The molecule has 37 heavy (non-hydrogen) atoms. The third-order valence-corrected chi connectivity index (χ3v) is 6.94. The fourth-order valence-electron chi connectivity index (χ4n) is 4.84. The first-order valence-electron chi connectivity index (χ1n) is 11.9. The zero-order chi connectivity index (χ0) is 26.2. The van der Waals surface area contributed by atoms with Crippen molar-refractivity contribution >= 4 is 23.4 Å². The standard InChI is InChI=1S/C27H26FN5O4/c28-20-4-2-1-3-17(20)21-8-5-16(15-31-21)22-18(24(29)34)6-7-19(25(30)35)23(22)32-26(36)27(9-10-27)33-11-13-37-14-12-33/h1-8,15H,9-14H2,(H2,29,34)(H2,30,35)(H,32,36). The second-order valence-corrected chi connectivity index (χ2v) is 9.14. The number of hydrogen-bond acceptors (Lipinski definition) is 6. The molecular formula is C27H26FN5O4. The fraction of sp³-hybridized carbons (Fsp3) is 0.259. The molecule has 9 nitrogen and oxygen atoms in total. The van der Waals surface area contributed by atoms with Gasteiger partial charge in [0, 0.05) is 41.5 Å². The molecule has 5 rings (SSSR count). The zero-order valence-corrected chi connectivity index (χ0v) is 20.0. The van der Waals surface area contributed by atoms with Gasteiger partial charge in [-0.05, 0) is 43.2 Å². The molecule has 1 saturated heterocycles. The first-order valence-corrected chi connectivity index (χ1v) is 11.9. The summed E-state index contributed by atoms with van der Waals surface area (Å²) in [7, 11) is 0. The summed E-state index contributed by atoms with van der Waals surface area (Å²) in [5, 5.41) is 2.89. The molecule has 1 saturated carbocycles. The number of nitrogens with zero attached hydrogens (tertiary/aromatic N) is 2. The third kappa shape index (κ3) is 4.56. The highest BCUT2D eigenvalue weighted by Gasteiger charge is 2.55. The largest absolute Gasteiger partial charge is 0.379 e. The lowest BCUT2D eigenvalue weighted by Crippen LogP contribution is -2.51. The van der Waals surface area contributed by atoms with Crippen molar-refractivity contribution < 1.29 is 23.5 Å². The first kappa shape index (κ1) is 24.5. The van der Waals surface area contributed by atoms with Crippen LogP contribution in [0.3, 0.4) is 0 Å². The number of ether oxygens (including phenoxy) is 1. The topological polar surface area (TPSA) is 141 Å². The number of carbonyl (C=O) groups excluding carboxylic acids is 3. The first-order chi connectivity index (χ1) is 17.8. The predicted molar refractivity (Wildman–Crippen MR) is 135 cm³/mol. The van der Waals surface area contributed by atoms with Crippen LogP contribution in [-0.2, 0) is 9.53 Å². The van der Waals surface area contributed by atoms with Gasteiger partial charge in [0.2, 0.25) is 11.8 Å². The second-order valence-electron chi connectivity index (χ2n) is 9.14. The Labute approximate surface area is 212 Å². The Morgan fingerprint density at radius 2 is 1.62 bits per heavy atom. The van der Waals surface area contributed by atoms with Crippen LogP contribution in [0.25, 0.3) is 22.4 Å². The minimum Gasteiger partial charge on any atom is -0.379 e. The monoisotopic (exact) mass is 503 g/mol. The summed E-state index contributed by atoms with van der Waals surface area (Å²) in [6.07, 6.45) is 2.77. The van der Waals surface area contributed by atoms with Crippen LogP contribution in [0.1, 0.15) is 33.6 Å². The molecule has 1 aliphatic carbocycles. The van der Waals surface area contributed by atoms with Crippen LogP contribution < -0.4 is 16.8 Å². The highest BCUT2D eigenvalue weighted by Crippen LogP contribution is 2.44. The highest BCUT2D eigenvalue weighted by atomic mass is 19.1. The molecule has 2 fully saturated rings.